The van der Waals surface area contributed by atoms with E-state index in [1.807, 2.05) is 11.6 Å². The molecule has 0 bridgehead atoms. The SMILES string of the molecule is CSCCC(N)C(=O)NC(CO)C(=O)NC(CO)C(=O)NC(C(=O)O)C(C)O. The summed E-state index contributed by atoms with van der Waals surface area (Å²) in [5.41, 5.74) is 5.67. The summed E-state index contributed by atoms with van der Waals surface area (Å²) in [6.45, 7) is -0.537. The molecule has 0 aliphatic carbocycles. The second kappa shape index (κ2) is 13.3. The molecule has 3 amide bonds. The number of carbonyl (C=O) groups excluding carboxylic acids is 3. The van der Waals surface area contributed by atoms with Crippen molar-refractivity contribution in [3.05, 3.63) is 0 Å². The summed E-state index contributed by atoms with van der Waals surface area (Å²) in [4.78, 5) is 47.2. The molecule has 0 aromatic heterocycles. The molecule has 0 spiro atoms. The van der Waals surface area contributed by atoms with Crippen LogP contribution in [0.25, 0.3) is 0 Å². The number of aliphatic hydroxyl groups is 3. The zero-order valence-electron chi connectivity index (χ0n) is 15.6. The minimum atomic E-state index is -1.65. The number of carboxylic acids is 1. The van der Waals surface area contributed by atoms with Crippen molar-refractivity contribution in [2.75, 3.05) is 25.2 Å². The molecule has 0 aromatic rings. The number of aliphatic hydroxyl groups excluding tert-OH is 3. The Kier molecular flexibility index (Phi) is 12.4. The van der Waals surface area contributed by atoms with E-state index in [2.05, 4.69) is 10.6 Å². The molecule has 0 saturated heterocycles. The van der Waals surface area contributed by atoms with Crippen LogP contribution in [0.5, 0.6) is 0 Å². The Morgan fingerprint density at radius 2 is 1.43 bits per heavy atom. The van der Waals surface area contributed by atoms with Crippen molar-refractivity contribution in [2.24, 2.45) is 5.73 Å². The van der Waals surface area contributed by atoms with E-state index in [4.69, 9.17) is 10.8 Å². The monoisotopic (exact) mass is 424 g/mol. The van der Waals surface area contributed by atoms with Gasteiger partial charge in [0.15, 0.2) is 6.04 Å². The van der Waals surface area contributed by atoms with E-state index in [0.717, 1.165) is 6.92 Å². The molecule has 0 aliphatic rings. The number of rotatable bonds is 13. The fourth-order valence-corrected chi connectivity index (χ4v) is 2.45. The molecule has 0 fully saturated rings. The Hall–Kier alpha value is -1.93. The lowest BCUT2D eigenvalue weighted by molar-refractivity contribution is -0.145. The minimum absolute atomic E-state index is 0.352. The second-order valence-corrected chi connectivity index (χ2v) is 6.93. The van der Waals surface area contributed by atoms with Crippen molar-refractivity contribution in [1.82, 2.24) is 16.0 Å². The Labute approximate surface area is 166 Å². The lowest BCUT2D eigenvalue weighted by Crippen LogP contribution is -2.59. The highest BCUT2D eigenvalue weighted by Gasteiger charge is 2.31. The lowest BCUT2D eigenvalue weighted by Gasteiger charge is -2.24. The van der Waals surface area contributed by atoms with Crippen LogP contribution < -0.4 is 21.7 Å². The van der Waals surface area contributed by atoms with Crippen molar-refractivity contribution < 1.29 is 39.6 Å². The summed E-state index contributed by atoms with van der Waals surface area (Å²) in [6.07, 6.45) is 0.759. The highest BCUT2D eigenvalue weighted by molar-refractivity contribution is 7.98. The van der Waals surface area contributed by atoms with Gasteiger partial charge in [0.1, 0.15) is 12.1 Å². The second-order valence-electron chi connectivity index (χ2n) is 5.94. The van der Waals surface area contributed by atoms with E-state index in [9.17, 15) is 34.5 Å². The van der Waals surface area contributed by atoms with Gasteiger partial charge in [-0.15, -0.1) is 0 Å². The van der Waals surface area contributed by atoms with Gasteiger partial charge in [0.25, 0.3) is 0 Å². The zero-order chi connectivity index (χ0) is 21.9. The van der Waals surface area contributed by atoms with Crippen LogP contribution in [0.3, 0.4) is 0 Å². The molecule has 0 rings (SSSR count). The van der Waals surface area contributed by atoms with Crippen molar-refractivity contribution in [1.29, 1.82) is 0 Å². The number of thioether (sulfide) groups is 1. The molecule has 0 aromatic carbocycles. The summed E-state index contributed by atoms with van der Waals surface area (Å²) in [5.74, 6) is -3.61. The molecule has 0 radical (unpaired) electrons. The normalized spacial score (nSPS) is 16.2. The smallest absolute Gasteiger partial charge is 0.328 e. The Bertz CT molecular complexity index is 548. The topological polar surface area (TPSA) is 211 Å². The minimum Gasteiger partial charge on any atom is -0.480 e. The quantitative estimate of drug-likeness (QED) is 0.143. The first-order valence-electron chi connectivity index (χ1n) is 8.37. The lowest BCUT2D eigenvalue weighted by atomic mass is 10.1. The van der Waals surface area contributed by atoms with E-state index in [-0.39, 0.29) is 0 Å². The van der Waals surface area contributed by atoms with E-state index in [1.165, 1.54) is 11.8 Å². The maximum atomic E-state index is 12.2. The molecule has 5 unspecified atom stereocenters. The van der Waals surface area contributed by atoms with Crippen LogP contribution in [-0.2, 0) is 19.2 Å². The third-order valence-corrected chi connectivity index (χ3v) is 4.29. The van der Waals surface area contributed by atoms with Gasteiger partial charge in [0.2, 0.25) is 17.7 Å². The fraction of sp³-hybridized carbons (Fsp3) is 0.733. The molecule has 162 valence electrons. The first-order chi connectivity index (χ1) is 13.1. The van der Waals surface area contributed by atoms with Gasteiger partial charge in [-0.25, -0.2) is 4.79 Å². The number of nitrogens with two attached hydrogens (primary N) is 1. The number of hydrogen-bond acceptors (Lipinski definition) is 9. The van der Waals surface area contributed by atoms with Gasteiger partial charge >= 0.3 is 5.97 Å². The van der Waals surface area contributed by atoms with Crippen LogP contribution in [0.15, 0.2) is 0 Å². The van der Waals surface area contributed by atoms with Crippen molar-refractivity contribution in [3.8, 4) is 0 Å². The van der Waals surface area contributed by atoms with Crippen LogP contribution in [-0.4, -0.2) is 99.6 Å². The van der Waals surface area contributed by atoms with E-state index in [1.54, 1.807) is 0 Å². The number of nitrogens with one attached hydrogen (secondary N) is 3. The average Bonchev–Trinajstić information content (AvgIpc) is 2.64. The predicted octanol–water partition coefficient (Wildman–Crippen LogP) is -4.03. The fourth-order valence-electron chi connectivity index (χ4n) is 1.96. The number of hydrogen-bond donors (Lipinski definition) is 8. The molecule has 12 nitrogen and oxygen atoms in total. The molecular weight excluding hydrogens is 396 g/mol. The first-order valence-corrected chi connectivity index (χ1v) is 9.76. The molecule has 9 N–H and O–H groups in total. The molecule has 13 heteroatoms. The van der Waals surface area contributed by atoms with Gasteiger partial charge in [0.05, 0.1) is 25.4 Å². The standard InChI is InChI=1S/C15H28N4O8S/c1-7(22)11(15(26)27)19-14(25)10(6-21)18-13(24)9(5-20)17-12(23)8(16)3-4-28-2/h7-11,20-22H,3-6,16H2,1-2H3,(H,17,23)(H,18,24)(H,19,25)(H,26,27). The average molecular weight is 424 g/mol. The highest BCUT2D eigenvalue weighted by atomic mass is 32.2. The third kappa shape index (κ3) is 8.84. The first kappa shape index (κ1) is 26.1. The van der Waals surface area contributed by atoms with Crippen molar-refractivity contribution in [3.63, 3.8) is 0 Å². The van der Waals surface area contributed by atoms with Crippen LogP contribution in [0.1, 0.15) is 13.3 Å². The number of carbonyl (C=O) groups is 4. The van der Waals surface area contributed by atoms with Crippen LogP contribution in [0.4, 0.5) is 0 Å². The number of carboxylic acid groups (broad SMARTS) is 1. The Morgan fingerprint density at radius 3 is 1.82 bits per heavy atom. The summed E-state index contributed by atoms with van der Waals surface area (Å²) in [5, 5.41) is 43.2. The van der Waals surface area contributed by atoms with Gasteiger partial charge in [-0.3, -0.25) is 14.4 Å². The van der Waals surface area contributed by atoms with E-state index >= 15 is 0 Å². The van der Waals surface area contributed by atoms with Gasteiger partial charge < -0.3 is 42.1 Å². The summed E-state index contributed by atoms with van der Waals surface area (Å²) in [6, 6.07) is -5.54. The highest BCUT2D eigenvalue weighted by Crippen LogP contribution is 2.00. The summed E-state index contributed by atoms with van der Waals surface area (Å²) in [7, 11) is 0. The van der Waals surface area contributed by atoms with Gasteiger partial charge in [0, 0.05) is 0 Å². The summed E-state index contributed by atoms with van der Waals surface area (Å²) < 4.78 is 0. The maximum Gasteiger partial charge on any atom is 0.328 e. The predicted molar refractivity (Wildman–Crippen MR) is 100 cm³/mol. The van der Waals surface area contributed by atoms with Crippen molar-refractivity contribution in [2.45, 2.75) is 43.6 Å². The Morgan fingerprint density at radius 1 is 0.964 bits per heavy atom. The Balaban J connectivity index is 4.92. The molecular formula is C15H28N4O8S. The molecule has 0 aliphatic heterocycles. The maximum absolute atomic E-state index is 12.2. The molecule has 0 heterocycles. The van der Waals surface area contributed by atoms with Crippen LogP contribution >= 0.6 is 11.8 Å². The number of amides is 3. The molecule has 0 saturated carbocycles. The van der Waals surface area contributed by atoms with Crippen molar-refractivity contribution >= 4 is 35.5 Å². The summed E-state index contributed by atoms with van der Waals surface area (Å²) >= 11 is 1.48. The third-order valence-electron chi connectivity index (χ3n) is 3.65. The van der Waals surface area contributed by atoms with Gasteiger partial charge in [-0.2, -0.15) is 11.8 Å². The largest absolute Gasteiger partial charge is 0.480 e. The molecule has 5 atom stereocenters. The zero-order valence-corrected chi connectivity index (χ0v) is 16.4. The van der Waals surface area contributed by atoms with Gasteiger partial charge in [-0.05, 0) is 25.4 Å². The van der Waals surface area contributed by atoms with Gasteiger partial charge in [-0.1, -0.05) is 0 Å². The molecule has 28 heavy (non-hydrogen) atoms. The number of aliphatic carboxylic acids is 1. The van der Waals surface area contributed by atoms with Crippen LogP contribution in [0, 0.1) is 0 Å². The van der Waals surface area contributed by atoms with E-state index in [0.29, 0.717) is 12.2 Å². The van der Waals surface area contributed by atoms with E-state index < -0.39 is 67.2 Å². The van der Waals surface area contributed by atoms with Crippen LogP contribution in [0.2, 0.25) is 0 Å².